The van der Waals surface area contributed by atoms with Crippen molar-refractivity contribution in [1.29, 1.82) is 0 Å². The second kappa shape index (κ2) is 9.07. The van der Waals surface area contributed by atoms with Gasteiger partial charge >= 0.3 is 5.97 Å². The number of esters is 1. The van der Waals surface area contributed by atoms with Crippen molar-refractivity contribution < 1.29 is 19.4 Å². The van der Waals surface area contributed by atoms with Crippen LogP contribution in [0.4, 0.5) is 0 Å². The Morgan fingerprint density at radius 3 is 2.70 bits per heavy atom. The molecule has 0 heterocycles. The van der Waals surface area contributed by atoms with Crippen LogP contribution < -0.4 is 0 Å². The van der Waals surface area contributed by atoms with Crippen molar-refractivity contribution in [2.45, 2.75) is 13.0 Å². The van der Waals surface area contributed by atoms with E-state index < -0.39 is 12.1 Å². The quantitative estimate of drug-likeness (QED) is 0.449. The van der Waals surface area contributed by atoms with E-state index in [4.69, 9.17) is 9.47 Å². The Labute approximate surface area is 119 Å². The van der Waals surface area contributed by atoms with Crippen LogP contribution >= 0.6 is 0 Å². The Morgan fingerprint density at radius 2 is 2.05 bits per heavy atom. The number of benzene rings is 1. The Kier molecular flexibility index (Phi) is 7.32. The van der Waals surface area contributed by atoms with Crippen LogP contribution in [0.1, 0.15) is 12.5 Å². The third kappa shape index (κ3) is 6.87. The molecule has 20 heavy (non-hydrogen) atoms. The summed E-state index contributed by atoms with van der Waals surface area (Å²) in [5, 5.41) is 9.54. The minimum atomic E-state index is -0.830. The molecule has 0 aromatic heterocycles. The maximum absolute atomic E-state index is 11.1. The van der Waals surface area contributed by atoms with E-state index in [1.165, 1.54) is 0 Å². The fourth-order valence-electron chi connectivity index (χ4n) is 1.36. The summed E-state index contributed by atoms with van der Waals surface area (Å²) < 4.78 is 10.1. The van der Waals surface area contributed by atoms with Crippen molar-refractivity contribution in [3.63, 3.8) is 0 Å². The number of hydrogen-bond acceptors (Lipinski definition) is 4. The van der Waals surface area contributed by atoms with Crippen molar-refractivity contribution in [1.82, 2.24) is 0 Å². The lowest BCUT2D eigenvalue weighted by Gasteiger charge is -2.10. The third-order valence-electron chi connectivity index (χ3n) is 2.39. The van der Waals surface area contributed by atoms with Gasteiger partial charge in [0.2, 0.25) is 0 Å². The second-order valence-electron chi connectivity index (χ2n) is 4.38. The van der Waals surface area contributed by atoms with Crippen LogP contribution in [0.15, 0.2) is 48.6 Å². The molecule has 1 N–H and O–H groups in total. The fraction of sp³-hybridized carbons (Fsp3) is 0.312. The van der Waals surface area contributed by atoms with Gasteiger partial charge in [0, 0.05) is 5.57 Å². The molecule has 1 atom stereocenters. The van der Waals surface area contributed by atoms with Crippen LogP contribution in [0.3, 0.4) is 0 Å². The average Bonchev–Trinajstić information content (AvgIpc) is 2.45. The summed E-state index contributed by atoms with van der Waals surface area (Å²) in [6.07, 6.45) is 2.97. The molecule has 0 spiro atoms. The summed E-state index contributed by atoms with van der Waals surface area (Å²) >= 11 is 0. The van der Waals surface area contributed by atoms with E-state index >= 15 is 0 Å². The van der Waals surface area contributed by atoms with Gasteiger partial charge in [0.15, 0.2) is 0 Å². The van der Waals surface area contributed by atoms with Gasteiger partial charge in [-0.2, -0.15) is 0 Å². The Bertz CT molecular complexity index is 451. The van der Waals surface area contributed by atoms with Gasteiger partial charge in [0.1, 0.15) is 12.7 Å². The van der Waals surface area contributed by atoms with Gasteiger partial charge < -0.3 is 14.6 Å². The smallest absolute Gasteiger partial charge is 0.333 e. The van der Waals surface area contributed by atoms with Crippen molar-refractivity contribution in [2.75, 3.05) is 19.8 Å². The molecule has 108 valence electrons. The summed E-state index contributed by atoms with van der Waals surface area (Å²) in [6.45, 7) is 5.42. The Balaban J connectivity index is 2.13. The molecule has 1 aromatic rings. The molecule has 0 aliphatic carbocycles. The highest BCUT2D eigenvalue weighted by molar-refractivity contribution is 5.86. The Hall–Kier alpha value is -1.91. The molecule has 1 unspecified atom stereocenters. The van der Waals surface area contributed by atoms with E-state index in [-0.39, 0.29) is 13.2 Å². The minimum absolute atomic E-state index is 0.0892. The first kappa shape index (κ1) is 16.1. The molecule has 1 aromatic carbocycles. The normalized spacial score (nSPS) is 12.3. The standard InChI is InChI=1S/C16H20O4/c1-13(2)16(18)20-12-15(17)11-19-10-6-9-14-7-4-3-5-8-14/h3-9,15,17H,1,10-12H2,2H3. The highest BCUT2D eigenvalue weighted by atomic mass is 16.5. The molecule has 0 fully saturated rings. The zero-order valence-corrected chi connectivity index (χ0v) is 11.6. The van der Waals surface area contributed by atoms with Crippen molar-refractivity contribution in [3.05, 3.63) is 54.1 Å². The van der Waals surface area contributed by atoms with Gasteiger partial charge in [-0.05, 0) is 12.5 Å². The monoisotopic (exact) mass is 276 g/mol. The van der Waals surface area contributed by atoms with E-state index in [1.54, 1.807) is 6.92 Å². The molecule has 0 aliphatic heterocycles. The molecular formula is C16H20O4. The molecule has 4 nitrogen and oxygen atoms in total. The topological polar surface area (TPSA) is 55.8 Å². The van der Waals surface area contributed by atoms with Gasteiger partial charge in [0.05, 0.1) is 13.2 Å². The molecule has 0 radical (unpaired) electrons. The van der Waals surface area contributed by atoms with Gasteiger partial charge in [0.25, 0.3) is 0 Å². The summed E-state index contributed by atoms with van der Waals surface area (Å²) in [5.74, 6) is -0.506. The van der Waals surface area contributed by atoms with Crippen molar-refractivity contribution in [2.24, 2.45) is 0 Å². The molecule has 0 saturated heterocycles. The first-order valence-corrected chi connectivity index (χ1v) is 6.39. The second-order valence-corrected chi connectivity index (χ2v) is 4.38. The van der Waals surface area contributed by atoms with Crippen molar-refractivity contribution in [3.8, 4) is 0 Å². The summed E-state index contributed by atoms with van der Waals surface area (Å²) in [6, 6.07) is 9.85. The highest BCUT2D eigenvalue weighted by Crippen LogP contribution is 2.01. The summed E-state index contributed by atoms with van der Waals surface area (Å²) in [5.41, 5.74) is 1.40. The molecule has 0 aliphatic rings. The summed E-state index contributed by atoms with van der Waals surface area (Å²) in [4.78, 5) is 11.1. The van der Waals surface area contributed by atoms with Gasteiger partial charge in [-0.1, -0.05) is 49.1 Å². The van der Waals surface area contributed by atoms with Gasteiger partial charge in [-0.25, -0.2) is 4.79 Å². The number of ether oxygens (including phenoxy) is 2. The molecule has 0 amide bonds. The van der Waals surface area contributed by atoms with E-state index in [2.05, 4.69) is 6.58 Å². The number of carbonyl (C=O) groups is 1. The average molecular weight is 276 g/mol. The van der Waals surface area contributed by atoms with Gasteiger partial charge in [-0.15, -0.1) is 0 Å². The van der Waals surface area contributed by atoms with Crippen LogP contribution in [0, 0.1) is 0 Å². The summed E-state index contributed by atoms with van der Waals surface area (Å²) in [7, 11) is 0. The lowest BCUT2D eigenvalue weighted by molar-refractivity contribution is -0.142. The fourth-order valence-corrected chi connectivity index (χ4v) is 1.36. The number of rotatable bonds is 8. The third-order valence-corrected chi connectivity index (χ3v) is 2.39. The first-order chi connectivity index (χ1) is 9.59. The molecule has 1 rings (SSSR count). The zero-order chi connectivity index (χ0) is 14.8. The number of aliphatic hydroxyl groups excluding tert-OH is 1. The van der Waals surface area contributed by atoms with Crippen LogP contribution in [-0.4, -0.2) is 37.0 Å². The highest BCUT2D eigenvalue weighted by Gasteiger charge is 2.08. The Morgan fingerprint density at radius 1 is 1.35 bits per heavy atom. The van der Waals surface area contributed by atoms with Crippen LogP contribution in [0.25, 0.3) is 6.08 Å². The van der Waals surface area contributed by atoms with Crippen LogP contribution in [-0.2, 0) is 14.3 Å². The first-order valence-electron chi connectivity index (χ1n) is 6.39. The largest absolute Gasteiger partial charge is 0.460 e. The van der Waals surface area contributed by atoms with E-state index in [0.717, 1.165) is 5.56 Å². The van der Waals surface area contributed by atoms with Crippen LogP contribution in [0.5, 0.6) is 0 Å². The molecule has 0 saturated carbocycles. The number of hydrogen-bond donors (Lipinski definition) is 1. The number of aliphatic hydroxyl groups is 1. The van der Waals surface area contributed by atoms with E-state index in [9.17, 15) is 9.90 Å². The predicted octanol–water partition coefficient (Wildman–Crippen LogP) is 2.20. The maximum atomic E-state index is 11.1. The molecule has 0 bridgehead atoms. The van der Waals surface area contributed by atoms with Crippen LogP contribution in [0.2, 0.25) is 0 Å². The van der Waals surface area contributed by atoms with E-state index in [1.807, 2.05) is 42.5 Å². The minimum Gasteiger partial charge on any atom is -0.460 e. The zero-order valence-electron chi connectivity index (χ0n) is 11.6. The lowest BCUT2D eigenvalue weighted by Crippen LogP contribution is -2.24. The van der Waals surface area contributed by atoms with Gasteiger partial charge in [-0.3, -0.25) is 0 Å². The number of carbonyl (C=O) groups excluding carboxylic acids is 1. The molecule has 4 heteroatoms. The maximum Gasteiger partial charge on any atom is 0.333 e. The SMILES string of the molecule is C=C(C)C(=O)OCC(O)COCC=Cc1ccccc1. The molecular weight excluding hydrogens is 256 g/mol. The van der Waals surface area contributed by atoms with E-state index in [0.29, 0.717) is 12.2 Å². The lowest BCUT2D eigenvalue weighted by atomic mass is 10.2. The predicted molar refractivity (Wildman–Crippen MR) is 78.1 cm³/mol. The van der Waals surface area contributed by atoms with Crippen molar-refractivity contribution >= 4 is 12.0 Å².